The Balaban J connectivity index is 2.53. The fourth-order valence-electron chi connectivity index (χ4n) is 2.02. The van der Waals surface area contributed by atoms with Gasteiger partial charge in [-0.15, -0.1) is 0 Å². The SMILES string of the molecule is Nc1cc[nH]c(=O)c1[C@@]1(O)O[C@H](CO)[C@@H](O)[C@H]1O. The summed E-state index contributed by atoms with van der Waals surface area (Å²) in [7, 11) is 0. The highest BCUT2D eigenvalue weighted by atomic mass is 16.7. The van der Waals surface area contributed by atoms with Crippen LogP contribution in [0.4, 0.5) is 5.69 Å². The zero-order chi connectivity index (χ0) is 13.5. The summed E-state index contributed by atoms with van der Waals surface area (Å²) in [5.74, 6) is -2.45. The molecule has 0 spiro atoms. The molecule has 0 aliphatic carbocycles. The van der Waals surface area contributed by atoms with Gasteiger partial charge in [0, 0.05) is 11.9 Å². The van der Waals surface area contributed by atoms with Crippen LogP contribution in [0.2, 0.25) is 0 Å². The molecule has 0 radical (unpaired) electrons. The van der Waals surface area contributed by atoms with E-state index in [1.54, 1.807) is 0 Å². The van der Waals surface area contributed by atoms with Crippen LogP contribution in [0.1, 0.15) is 5.56 Å². The van der Waals surface area contributed by atoms with Crippen LogP contribution in [0.25, 0.3) is 0 Å². The number of nitrogens with two attached hydrogens (primary N) is 1. The van der Waals surface area contributed by atoms with Gasteiger partial charge in [0.1, 0.15) is 23.9 Å². The molecule has 0 unspecified atom stereocenters. The molecule has 8 heteroatoms. The molecular formula is C10H14N2O6. The number of H-pyrrole nitrogens is 1. The number of anilines is 1. The third-order valence-corrected chi connectivity index (χ3v) is 2.97. The van der Waals surface area contributed by atoms with Crippen LogP contribution in [0.3, 0.4) is 0 Å². The summed E-state index contributed by atoms with van der Waals surface area (Å²) in [5.41, 5.74) is 4.33. The second kappa shape index (κ2) is 4.34. The van der Waals surface area contributed by atoms with E-state index in [1.165, 1.54) is 12.3 Å². The van der Waals surface area contributed by atoms with Crippen LogP contribution in [0.15, 0.2) is 17.1 Å². The number of nitrogens with one attached hydrogen (secondary N) is 1. The minimum Gasteiger partial charge on any atom is -0.398 e. The summed E-state index contributed by atoms with van der Waals surface area (Å²) in [6, 6.07) is 1.31. The first-order valence-corrected chi connectivity index (χ1v) is 5.26. The van der Waals surface area contributed by atoms with E-state index in [-0.39, 0.29) is 5.69 Å². The van der Waals surface area contributed by atoms with Crippen molar-refractivity contribution in [1.29, 1.82) is 0 Å². The summed E-state index contributed by atoms with van der Waals surface area (Å²) in [6.07, 6.45) is -3.25. The molecular weight excluding hydrogens is 244 g/mol. The Hall–Kier alpha value is -1.45. The molecule has 0 aromatic carbocycles. The lowest BCUT2D eigenvalue weighted by Crippen LogP contribution is -2.44. The Kier molecular flexibility index (Phi) is 3.13. The minimum absolute atomic E-state index is 0.0916. The number of rotatable bonds is 2. The van der Waals surface area contributed by atoms with Crippen LogP contribution < -0.4 is 11.3 Å². The predicted molar refractivity (Wildman–Crippen MR) is 59.3 cm³/mol. The number of hydrogen-bond acceptors (Lipinski definition) is 7. The third kappa shape index (κ3) is 1.71. The zero-order valence-electron chi connectivity index (χ0n) is 9.28. The molecule has 8 nitrogen and oxygen atoms in total. The fourth-order valence-corrected chi connectivity index (χ4v) is 2.02. The smallest absolute Gasteiger partial charge is 0.258 e. The van der Waals surface area contributed by atoms with Gasteiger partial charge in [-0.2, -0.15) is 0 Å². The molecule has 2 rings (SSSR count). The number of pyridine rings is 1. The minimum atomic E-state index is -2.45. The monoisotopic (exact) mass is 258 g/mol. The molecule has 1 fully saturated rings. The molecule has 0 amide bonds. The lowest BCUT2D eigenvalue weighted by Gasteiger charge is -2.26. The van der Waals surface area contributed by atoms with Gasteiger partial charge in [-0.25, -0.2) is 0 Å². The molecule has 1 aromatic rings. The first-order chi connectivity index (χ1) is 8.41. The lowest BCUT2D eigenvalue weighted by molar-refractivity contribution is -0.240. The first kappa shape index (κ1) is 13.0. The highest BCUT2D eigenvalue weighted by Crippen LogP contribution is 2.37. The van der Waals surface area contributed by atoms with Crippen LogP contribution in [0, 0.1) is 0 Å². The fraction of sp³-hybridized carbons (Fsp3) is 0.500. The topological polar surface area (TPSA) is 149 Å². The van der Waals surface area contributed by atoms with Gasteiger partial charge in [0.05, 0.1) is 6.61 Å². The highest BCUT2D eigenvalue weighted by Gasteiger charge is 2.56. The molecule has 4 atom stereocenters. The van der Waals surface area contributed by atoms with E-state index in [4.69, 9.17) is 15.6 Å². The van der Waals surface area contributed by atoms with Gasteiger partial charge in [0.15, 0.2) is 0 Å². The molecule has 7 N–H and O–H groups in total. The van der Waals surface area contributed by atoms with Crippen molar-refractivity contribution in [2.45, 2.75) is 24.1 Å². The van der Waals surface area contributed by atoms with Crippen LogP contribution in [0.5, 0.6) is 0 Å². The van der Waals surface area contributed by atoms with Gasteiger partial charge in [-0.05, 0) is 6.07 Å². The van der Waals surface area contributed by atoms with Crippen molar-refractivity contribution in [2.24, 2.45) is 0 Å². The molecule has 1 aromatic heterocycles. The van der Waals surface area contributed by atoms with Crippen molar-refractivity contribution in [3.05, 3.63) is 28.2 Å². The summed E-state index contributed by atoms with van der Waals surface area (Å²) >= 11 is 0. The maximum Gasteiger partial charge on any atom is 0.258 e. The van der Waals surface area contributed by atoms with Gasteiger partial charge < -0.3 is 35.9 Å². The van der Waals surface area contributed by atoms with Crippen LogP contribution in [-0.2, 0) is 10.5 Å². The van der Waals surface area contributed by atoms with E-state index in [2.05, 4.69) is 4.98 Å². The predicted octanol–water partition coefficient (Wildman–Crippen LogP) is -2.78. The number of hydrogen-bond donors (Lipinski definition) is 6. The molecule has 1 aliphatic heterocycles. The number of nitrogen functional groups attached to an aromatic ring is 1. The van der Waals surface area contributed by atoms with Gasteiger partial charge in [-0.1, -0.05) is 0 Å². The van der Waals surface area contributed by atoms with Gasteiger partial charge in [-0.3, -0.25) is 4.79 Å². The number of aromatic nitrogens is 1. The van der Waals surface area contributed by atoms with E-state index in [0.29, 0.717) is 0 Å². The van der Waals surface area contributed by atoms with Crippen molar-refractivity contribution in [1.82, 2.24) is 4.98 Å². The second-order valence-corrected chi connectivity index (χ2v) is 4.11. The molecule has 0 bridgehead atoms. The maximum atomic E-state index is 11.6. The van der Waals surface area contributed by atoms with Crippen LogP contribution in [-0.4, -0.2) is 50.3 Å². The van der Waals surface area contributed by atoms with Crippen molar-refractivity contribution in [3.8, 4) is 0 Å². The summed E-state index contributed by atoms with van der Waals surface area (Å²) < 4.78 is 4.98. The maximum absolute atomic E-state index is 11.6. The average Bonchev–Trinajstić information content (AvgIpc) is 2.54. The summed E-state index contributed by atoms with van der Waals surface area (Å²) in [4.78, 5) is 13.9. The van der Waals surface area contributed by atoms with E-state index in [1.807, 2.05) is 0 Å². The largest absolute Gasteiger partial charge is 0.398 e. The summed E-state index contributed by atoms with van der Waals surface area (Å²) in [5, 5.41) is 38.5. The van der Waals surface area contributed by atoms with Crippen molar-refractivity contribution < 1.29 is 25.2 Å². The molecule has 18 heavy (non-hydrogen) atoms. The van der Waals surface area contributed by atoms with E-state index in [9.17, 15) is 20.1 Å². The Labute approximate surface area is 101 Å². The molecule has 2 heterocycles. The molecule has 1 aliphatic rings. The van der Waals surface area contributed by atoms with Gasteiger partial charge >= 0.3 is 0 Å². The quantitative estimate of drug-likeness (QED) is 0.336. The number of aliphatic hydroxyl groups excluding tert-OH is 3. The van der Waals surface area contributed by atoms with Crippen LogP contribution >= 0.6 is 0 Å². The highest BCUT2D eigenvalue weighted by molar-refractivity contribution is 5.48. The third-order valence-electron chi connectivity index (χ3n) is 2.97. The second-order valence-electron chi connectivity index (χ2n) is 4.11. The zero-order valence-corrected chi connectivity index (χ0v) is 9.28. The number of aliphatic hydroxyl groups is 4. The normalized spacial score (nSPS) is 35.9. The van der Waals surface area contributed by atoms with Gasteiger partial charge in [0.25, 0.3) is 5.56 Å². The first-order valence-electron chi connectivity index (χ1n) is 5.26. The van der Waals surface area contributed by atoms with E-state index < -0.39 is 41.8 Å². The van der Waals surface area contributed by atoms with Crippen molar-refractivity contribution in [3.63, 3.8) is 0 Å². The number of ether oxygens (including phenoxy) is 1. The van der Waals surface area contributed by atoms with Crippen molar-refractivity contribution >= 4 is 5.69 Å². The van der Waals surface area contributed by atoms with Gasteiger partial charge in [0.2, 0.25) is 5.79 Å². The Morgan fingerprint density at radius 3 is 2.67 bits per heavy atom. The molecule has 1 saturated heterocycles. The molecule has 100 valence electrons. The van der Waals surface area contributed by atoms with Crippen molar-refractivity contribution in [2.75, 3.05) is 12.3 Å². The Morgan fingerprint density at radius 1 is 1.50 bits per heavy atom. The Bertz CT molecular complexity index is 503. The molecule has 0 saturated carbocycles. The van der Waals surface area contributed by atoms with E-state index >= 15 is 0 Å². The summed E-state index contributed by atoms with van der Waals surface area (Å²) in [6.45, 7) is -0.620. The average molecular weight is 258 g/mol. The Morgan fingerprint density at radius 2 is 2.17 bits per heavy atom. The standard InChI is InChI=1S/C10H14N2O6/c11-4-1-2-12-9(16)6(4)10(17)8(15)7(14)5(3-13)18-10/h1-2,5,7-8,13-15,17H,3H2,(H3,11,12,16)/t5-,7-,8-,10-/m1/s1. The lowest BCUT2D eigenvalue weighted by atomic mass is 9.98. The van der Waals surface area contributed by atoms with E-state index in [0.717, 1.165) is 0 Å². The number of aromatic amines is 1.